The molecule has 0 saturated carbocycles. The van der Waals surface area contributed by atoms with Crippen molar-refractivity contribution in [2.45, 2.75) is 19.8 Å². The standard InChI is InChI=1S/C21H18N2O3/c24-11-16-8-14-4-7-23-20(19(14)9-17(16)12-25)13-26-21-3-1-2-15-10-22-6-5-18(15)21/h1-10,24-25H,11-13H2. The van der Waals surface area contributed by atoms with Gasteiger partial charge < -0.3 is 14.9 Å². The Hall–Kier alpha value is -3.02. The van der Waals surface area contributed by atoms with Gasteiger partial charge in [0.15, 0.2) is 0 Å². The molecule has 0 unspecified atom stereocenters. The summed E-state index contributed by atoms with van der Waals surface area (Å²) in [7, 11) is 0. The molecule has 0 aliphatic carbocycles. The molecular weight excluding hydrogens is 328 g/mol. The quantitative estimate of drug-likeness (QED) is 0.580. The van der Waals surface area contributed by atoms with Crippen LogP contribution in [-0.4, -0.2) is 20.2 Å². The van der Waals surface area contributed by atoms with Gasteiger partial charge in [0.1, 0.15) is 12.4 Å². The summed E-state index contributed by atoms with van der Waals surface area (Å²) in [5.41, 5.74) is 2.21. The lowest BCUT2D eigenvalue weighted by molar-refractivity contribution is 0.260. The van der Waals surface area contributed by atoms with Gasteiger partial charge in [0, 0.05) is 34.7 Å². The third-order valence-corrected chi connectivity index (χ3v) is 4.51. The van der Waals surface area contributed by atoms with Crippen LogP contribution in [-0.2, 0) is 19.8 Å². The number of aromatic nitrogens is 2. The van der Waals surface area contributed by atoms with E-state index in [4.69, 9.17) is 4.74 Å². The average molecular weight is 346 g/mol. The molecule has 2 aromatic heterocycles. The molecule has 0 atom stereocenters. The minimum absolute atomic E-state index is 0.107. The highest BCUT2D eigenvalue weighted by atomic mass is 16.5. The minimum atomic E-state index is -0.128. The zero-order valence-corrected chi connectivity index (χ0v) is 14.1. The number of fused-ring (bicyclic) bond motifs is 2. The van der Waals surface area contributed by atoms with Crippen LogP contribution in [0.1, 0.15) is 16.8 Å². The van der Waals surface area contributed by atoms with Crippen LogP contribution < -0.4 is 4.74 Å². The Morgan fingerprint density at radius 3 is 2.54 bits per heavy atom. The van der Waals surface area contributed by atoms with Crippen molar-refractivity contribution in [1.29, 1.82) is 0 Å². The third kappa shape index (κ3) is 2.98. The number of nitrogens with zero attached hydrogens (tertiary/aromatic N) is 2. The summed E-state index contributed by atoms with van der Waals surface area (Å²) in [5, 5.41) is 22.9. The first-order chi connectivity index (χ1) is 12.8. The molecule has 0 aliphatic rings. The number of rotatable bonds is 5. The van der Waals surface area contributed by atoms with Crippen LogP contribution >= 0.6 is 0 Å². The first kappa shape index (κ1) is 16.4. The number of benzene rings is 2. The van der Waals surface area contributed by atoms with Crippen molar-refractivity contribution in [3.8, 4) is 5.75 Å². The van der Waals surface area contributed by atoms with Gasteiger partial charge in [-0.15, -0.1) is 0 Å². The molecule has 0 fully saturated rings. The van der Waals surface area contributed by atoms with Gasteiger partial charge >= 0.3 is 0 Å². The molecule has 0 spiro atoms. The smallest absolute Gasteiger partial charge is 0.131 e. The fraction of sp³-hybridized carbons (Fsp3) is 0.143. The number of hydrogen-bond donors (Lipinski definition) is 2. The van der Waals surface area contributed by atoms with E-state index >= 15 is 0 Å². The van der Waals surface area contributed by atoms with E-state index < -0.39 is 0 Å². The molecule has 5 nitrogen and oxygen atoms in total. The summed E-state index contributed by atoms with van der Waals surface area (Å²) in [6.45, 7) is 0.0729. The highest BCUT2D eigenvalue weighted by molar-refractivity contribution is 5.88. The molecule has 4 rings (SSSR count). The zero-order valence-electron chi connectivity index (χ0n) is 14.1. The van der Waals surface area contributed by atoms with Crippen molar-refractivity contribution in [3.63, 3.8) is 0 Å². The fourth-order valence-corrected chi connectivity index (χ4v) is 3.15. The zero-order chi connectivity index (χ0) is 17.9. The molecule has 2 heterocycles. The molecule has 2 aromatic carbocycles. The molecule has 26 heavy (non-hydrogen) atoms. The molecule has 2 N–H and O–H groups in total. The van der Waals surface area contributed by atoms with Gasteiger partial charge in [-0.25, -0.2) is 0 Å². The molecule has 0 radical (unpaired) electrons. The maximum atomic E-state index is 9.56. The second-order valence-corrected chi connectivity index (χ2v) is 6.06. The van der Waals surface area contributed by atoms with Gasteiger partial charge in [-0.2, -0.15) is 0 Å². The van der Waals surface area contributed by atoms with Crippen LogP contribution in [0.3, 0.4) is 0 Å². The van der Waals surface area contributed by atoms with Crippen LogP contribution in [0.15, 0.2) is 61.1 Å². The summed E-state index contributed by atoms with van der Waals surface area (Å²) >= 11 is 0. The lowest BCUT2D eigenvalue weighted by Crippen LogP contribution is -2.02. The van der Waals surface area contributed by atoms with Crippen LogP contribution in [0.5, 0.6) is 5.75 Å². The first-order valence-electron chi connectivity index (χ1n) is 8.37. The van der Waals surface area contributed by atoms with Gasteiger partial charge in [-0.3, -0.25) is 9.97 Å². The lowest BCUT2D eigenvalue weighted by atomic mass is 10.0. The van der Waals surface area contributed by atoms with Gasteiger partial charge in [0.2, 0.25) is 0 Å². The van der Waals surface area contributed by atoms with E-state index in [1.165, 1.54) is 0 Å². The Bertz CT molecular complexity index is 1070. The number of hydrogen-bond acceptors (Lipinski definition) is 5. The van der Waals surface area contributed by atoms with Crippen LogP contribution in [0, 0.1) is 0 Å². The van der Waals surface area contributed by atoms with E-state index in [-0.39, 0.29) is 13.2 Å². The number of ether oxygens (including phenoxy) is 1. The molecule has 4 aromatic rings. The molecule has 0 aliphatic heterocycles. The first-order valence-corrected chi connectivity index (χ1v) is 8.37. The Balaban J connectivity index is 1.71. The number of aliphatic hydroxyl groups is 2. The predicted molar refractivity (Wildman–Crippen MR) is 99.7 cm³/mol. The van der Waals surface area contributed by atoms with Gasteiger partial charge in [-0.05, 0) is 46.8 Å². The molecule has 5 heteroatoms. The summed E-state index contributed by atoms with van der Waals surface area (Å²) < 4.78 is 6.04. The van der Waals surface area contributed by atoms with Crippen molar-refractivity contribution in [1.82, 2.24) is 9.97 Å². The van der Waals surface area contributed by atoms with E-state index in [9.17, 15) is 10.2 Å². The van der Waals surface area contributed by atoms with Crippen LogP contribution in [0.25, 0.3) is 21.5 Å². The Morgan fingerprint density at radius 1 is 0.846 bits per heavy atom. The van der Waals surface area contributed by atoms with Crippen molar-refractivity contribution < 1.29 is 14.9 Å². The maximum Gasteiger partial charge on any atom is 0.131 e. The second kappa shape index (κ2) is 7.07. The maximum absolute atomic E-state index is 9.56. The van der Waals surface area contributed by atoms with E-state index in [2.05, 4.69) is 9.97 Å². The molecule has 0 bridgehead atoms. The summed E-state index contributed by atoms with van der Waals surface area (Å²) in [6, 6.07) is 13.4. The minimum Gasteiger partial charge on any atom is -0.487 e. The van der Waals surface area contributed by atoms with Crippen molar-refractivity contribution in [2.24, 2.45) is 0 Å². The fourth-order valence-electron chi connectivity index (χ4n) is 3.15. The summed E-state index contributed by atoms with van der Waals surface area (Å²) in [6.07, 6.45) is 5.28. The Labute approximate surface area is 150 Å². The van der Waals surface area contributed by atoms with Gasteiger partial charge in [-0.1, -0.05) is 12.1 Å². The highest BCUT2D eigenvalue weighted by Gasteiger charge is 2.10. The average Bonchev–Trinajstić information content (AvgIpc) is 2.71. The summed E-state index contributed by atoms with van der Waals surface area (Å²) in [4.78, 5) is 8.59. The van der Waals surface area contributed by atoms with E-state index in [0.717, 1.165) is 38.6 Å². The van der Waals surface area contributed by atoms with Crippen molar-refractivity contribution in [3.05, 3.63) is 77.9 Å². The topological polar surface area (TPSA) is 75.5 Å². The van der Waals surface area contributed by atoms with E-state index in [0.29, 0.717) is 12.2 Å². The molecule has 0 saturated heterocycles. The lowest BCUT2D eigenvalue weighted by Gasteiger charge is -2.12. The van der Waals surface area contributed by atoms with Crippen molar-refractivity contribution in [2.75, 3.05) is 0 Å². The summed E-state index contributed by atoms with van der Waals surface area (Å²) in [5.74, 6) is 0.776. The van der Waals surface area contributed by atoms with Gasteiger partial charge in [0.05, 0.1) is 18.9 Å². The van der Waals surface area contributed by atoms with Crippen molar-refractivity contribution >= 4 is 21.5 Å². The largest absolute Gasteiger partial charge is 0.487 e. The number of aliphatic hydroxyl groups excluding tert-OH is 2. The SMILES string of the molecule is OCc1cc2ccnc(COc3cccc4cnccc34)c2cc1CO. The number of pyridine rings is 2. The third-order valence-electron chi connectivity index (χ3n) is 4.51. The normalized spacial score (nSPS) is 11.2. The molecule has 130 valence electrons. The van der Waals surface area contributed by atoms with Crippen LogP contribution in [0.2, 0.25) is 0 Å². The molecule has 0 amide bonds. The van der Waals surface area contributed by atoms with Gasteiger partial charge in [0.25, 0.3) is 0 Å². The van der Waals surface area contributed by atoms with E-state index in [1.807, 2.05) is 48.7 Å². The molecular formula is C21H18N2O3. The van der Waals surface area contributed by atoms with E-state index in [1.54, 1.807) is 12.4 Å². The second-order valence-electron chi connectivity index (χ2n) is 6.06. The highest BCUT2D eigenvalue weighted by Crippen LogP contribution is 2.27. The monoisotopic (exact) mass is 346 g/mol. The van der Waals surface area contributed by atoms with Crippen LogP contribution in [0.4, 0.5) is 0 Å². The Kier molecular flexibility index (Phi) is 4.48. The Morgan fingerprint density at radius 2 is 1.69 bits per heavy atom. The predicted octanol–water partition coefficient (Wildman–Crippen LogP) is 3.35.